The van der Waals surface area contributed by atoms with E-state index in [1.54, 1.807) is 25.8 Å². The van der Waals surface area contributed by atoms with E-state index in [1.807, 2.05) is 18.3 Å². The summed E-state index contributed by atoms with van der Waals surface area (Å²) in [5.41, 5.74) is 1.61. The lowest BCUT2D eigenvalue weighted by Crippen LogP contribution is -2.03. The molecular formula is C16H20N4O4S. The van der Waals surface area contributed by atoms with Crippen molar-refractivity contribution in [2.75, 3.05) is 39.8 Å². The molecule has 0 saturated carbocycles. The highest BCUT2D eigenvalue weighted by molar-refractivity contribution is 7.20. The number of aliphatic hydroxyl groups excluding tert-OH is 1. The molecule has 25 heavy (non-hydrogen) atoms. The predicted octanol–water partition coefficient (Wildman–Crippen LogP) is 2.28. The summed E-state index contributed by atoms with van der Waals surface area (Å²) in [7, 11) is 4.74. The van der Waals surface area contributed by atoms with Crippen molar-refractivity contribution < 1.29 is 19.3 Å². The van der Waals surface area contributed by atoms with Gasteiger partial charge in [-0.3, -0.25) is 0 Å². The van der Waals surface area contributed by atoms with Crippen LogP contribution in [-0.2, 0) is 0 Å². The summed E-state index contributed by atoms with van der Waals surface area (Å²) >= 11 is 1.45. The fourth-order valence-corrected chi connectivity index (χ4v) is 3.22. The Bertz CT molecular complexity index is 805. The minimum atomic E-state index is 0.154. The first-order chi connectivity index (χ1) is 12.2. The Morgan fingerprint density at radius 1 is 1.16 bits per heavy atom. The lowest BCUT2D eigenvalue weighted by atomic mass is 10.1. The highest BCUT2D eigenvalue weighted by Gasteiger charge is 2.16. The SMILES string of the molecule is COc1cc(-c2cn3nc(NCCCO)sc3n2)cc(OC)c1OC. The quantitative estimate of drug-likeness (QED) is 0.593. The van der Waals surface area contributed by atoms with E-state index in [0.29, 0.717) is 30.2 Å². The van der Waals surface area contributed by atoms with Gasteiger partial charge in [-0.15, -0.1) is 5.10 Å². The topological polar surface area (TPSA) is 90.1 Å². The number of hydrogen-bond acceptors (Lipinski definition) is 8. The van der Waals surface area contributed by atoms with Crippen LogP contribution >= 0.6 is 11.3 Å². The third-order valence-electron chi connectivity index (χ3n) is 3.61. The Morgan fingerprint density at radius 2 is 1.88 bits per heavy atom. The van der Waals surface area contributed by atoms with Gasteiger partial charge in [-0.25, -0.2) is 9.50 Å². The van der Waals surface area contributed by atoms with Gasteiger partial charge in [0.05, 0.1) is 33.2 Å². The third-order valence-corrected chi connectivity index (χ3v) is 4.50. The van der Waals surface area contributed by atoms with Gasteiger partial charge in [0.15, 0.2) is 11.5 Å². The minimum absolute atomic E-state index is 0.154. The number of anilines is 1. The van der Waals surface area contributed by atoms with Crippen LogP contribution in [0.1, 0.15) is 6.42 Å². The molecule has 8 nitrogen and oxygen atoms in total. The number of aliphatic hydroxyl groups is 1. The largest absolute Gasteiger partial charge is 0.493 e. The molecule has 0 unspecified atom stereocenters. The second kappa shape index (κ2) is 7.58. The van der Waals surface area contributed by atoms with Crippen molar-refractivity contribution in [2.24, 2.45) is 0 Å². The molecule has 0 aliphatic carbocycles. The van der Waals surface area contributed by atoms with Crippen molar-refractivity contribution in [3.63, 3.8) is 0 Å². The van der Waals surface area contributed by atoms with E-state index in [2.05, 4.69) is 15.4 Å². The normalized spacial score (nSPS) is 10.9. The van der Waals surface area contributed by atoms with Gasteiger partial charge < -0.3 is 24.6 Å². The third kappa shape index (κ3) is 3.47. The van der Waals surface area contributed by atoms with E-state index in [0.717, 1.165) is 21.3 Å². The van der Waals surface area contributed by atoms with Gasteiger partial charge in [0.2, 0.25) is 15.8 Å². The zero-order valence-corrected chi connectivity index (χ0v) is 15.1. The fourth-order valence-electron chi connectivity index (χ4n) is 2.41. The number of fused-ring (bicyclic) bond motifs is 1. The van der Waals surface area contributed by atoms with Gasteiger partial charge in [0, 0.05) is 18.7 Å². The molecule has 0 spiro atoms. The standard InChI is InChI=1S/C16H20N4O4S/c1-22-12-7-10(8-13(23-2)14(12)24-3)11-9-20-16(18-11)25-15(19-20)17-5-4-6-21/h7-9,21H,4-6H2,1-3H3,(H,17,19). The molecule has 0 aliphatic heterocycles. The van der Waals surface area contributed by atoms with Crippen LogP contribution in [0.4, 0.5) is 5.13 Å². The number of methoxy groups -OCH3 is 3. The molecule has 3 aromatic rings. The van der Waals surface area contributed by atoms with Gasteiger partial charge in [-0.2, -0.15) is 0 Å². The smallest absolute Gasteiger partial charge is 0.214 e. The fraction of sp³-hybridized carbons (Fsp3) is 0.375. The van der Waals surface area contributed by atoms with E-state index in [-0.39, 0.29) is 6.61 Å². The molecule has 2 aromatic heterocycles. The van der Waals surface area contributed by atoms with Gasteiger partial charge in [0.1, 0.15) is 0 Å². The van der Waals surface area contributed by atoms with Crippen molar-refractivity contribution in [3.8, 4) is 28.5 Å². The minimum Gasteiger partial charge on any atom is -0.493 e. The lowest BCUT2D eigenvalue weighted by molar-refractivity contribution is 0.292. The molecule has 0 saturated heterocycles. The van der Waals surface area contributed by atoms with Crippen molar-refractivity contribution in [1.82, 2.24) is 14.6 Å². The number of imidazole rings is 1. The molecular weight excluding hydrogens is 344 g/mol. The first kappa shape index (κ1) is 17.3. The van der Waals surface area contributed by atoms with E-state index in [9.17, 15) is 0 Å². The monoisotopic (exact) mass is 364 g/mol. The number of nitrogens with zero attached hydrogens (tertiary/aromatic N) is 3. The number of hydrogen-bond donors (Lipinski definition) is 2. The van der Waals surface area contributed by atoms with E-state index in [1.165, 1.54) is 11.3 Å². The zero-order valence-electron chi connectivity index (χ0n) is 14.3. The summed E-state index contributed by atoms with van der Waals surface area (Å²) in [6.07, 6.45) is 2.53. The summed E-state index contributed by atoms with van der Waals surface area (Å²) in [6.45, 7) is 0.827. The van der Waals surface area contributed by atoms with Crippen LogP contribution in [-0.4, -0.2) is 54.2 Å². The Balaban J connectivity index is 1.92. The molecule has 0 amide bonds. The van der Waals surface area contributed by atoms with Crippen LogP contribution < -0.4 is 19.5 Å². The van der Waals surface area contributed by atoms with Gasteiger partial charge in [-0.1, -0.05) is 11.3 Å². The first-order valence-electron chi connectivity index (χ1n) is 7.71. The average molecular weight is 364 g/mol. The van der Waals surface area contributed by atoms with Gasteiger partial charge in [0.25, 0.3) is 0 Å². The Hall–Kier alpha value is -2.52. The molecule has 0 atom stereocenters. The lowest BCUT2D eigenvalue weighted by Gasteiger charge is -2.13. The predicted molar refractivity (Wildman–Crippen MR) is 96.1 cm³/mol. The van der Waals surface area contributed by atoms with E-state index in [4.69, 9.17) is 19.3 Å². The second-order valence-electron chi connectivity index (χ2n) is 5.18. The van der Waals surface area contributed by atoms with E-state index < -0.39 is 0 Å². The zero-order chi connectivity index (χ0) is 17.8. The van der Waals surface area contributed by atoms with Crippen LogP contribution in [0.5, 0.6) is 17.2 Å². The van der Waals surface area contributed by atoms with Crippen LogP contribution in [0.15, 0.2) is 18.3 Å². The Morgan fingerprint density at radius 3 is 2.44 bits per heavy atom. The summed E-state index contributed by atoms with van der Waals surface area (Å²) in [6, 6.07) is 3.71. The Kier molecular flexibility index (Phi) is 5.25. The maximum absolute atomic E-state index is 8.83. The maximum Gasteiger partial charge on any atom is 0.214 e. The number of benzene rings is 1. The van der Waals surface area contributed by atoms with Crippen LogP contribution in [0.2, 0.25) is 0 Å². The molecule has 0 bridgehead atoms. The first-order valence-corrected chi connectivity index (χ1v) is 8.53. The molecule has 0 aliphatic rings. The number of rotatable bonds is 8. The highest BCUT2D eigenvalue weighted by atomic mass is 32.1. The molecule has 0 fully saturated rings. The number of ether oxygens (including phenoxy) is 3. The van der Waals surface area contributed by atoms with Gasteiger partial charge in [-0.05, 0) is 18.6 Å². The second-order valence-corrected chi connectivity index (χ2v) is 6.13. The molecule has 3 rings (SSSR count). The molecule has 134 valence electrons. The maximum atomic E-state index is 8.83. The van der Waals surface area contributed by atoms with Crippen molar-refractivity contribution >= 4 is 21.4 Å². The van der Waals surface area contributed by atoms with Crippen LogP contribution in [0.25, 0.3) is 16.2 Å². The van der Waals surface area contributed by atoms with E-state index >= 15 is 0 Å². The summed E-state index contributed by atoms with van der Waals surface area (Å²) < 4.78 is 17.8. The van der Waals surface area contributed by atoms with Gasteiger partial charge >= 0.3 is 0 Å². The van der Waals surface area contributed by atoms with Crippen LogP contribution in [0, 0.1) is 0 Å². The summed E-state index contributed by atoms with van der Waals surface area (Å²) in [5, 5.41) is 17.2. The molecule has 1 aromatic carbocycles. The highest BCUT2D eigenvalue weighted by Crippen LogP contribution is 2.41. The summed E-state index contributed by atoms with van der Waals surface area (Å²) in [5.74, 6) is 1.70. The number of nitrogens with one attached hydrogen (secondary N) is 1. The molecule has 2 heterocycles. The number of aromatic nitrogens is 3. The van der Waals surface area contributed by atoms with Crippen molar-refractivity contribution in [3.05, 3.63) is 18.3 Å². The van der Waals surface area contributed by atoms with Crippen molar-refractivity contribution in [1.29, 1.82) is 0 Å². The Labute approximate surface area is 149 Å². The van der Waals surface area contributed by atoms with Crippen molar-refractivity contribution in [2.45, 2.75) is 6.42 Å². The average Bonchev–Trinajstić information content (AvgIpc) is 3.19. The molecule has 0 radical (unpaired) electrons. The molecule has 9 heteroatoms. The molecule has 2 N–H and O–H groups in total. The van der Waals surface area contributed by atoms with Crippen LogP contribution in [0.3, 0.4) is 0 Å². The summed E-state index contributed by atoms with van der Waals surface area (Å²) in [4.78, 5) is 5.39.